The van der Waals surface area contributed by atoms with Crippen molar-refractivity contribution in [3.63, 3.8) is 0 Å². The van der Waals surface area contributed by atoms with Gasteiger partial charge in [0.1, 0.15) is 21.7 Å². The molecule has 160 valence electrons. The number of amides is 1. The average molecular weight is 448 g/mol. The number of methoxy groups -OCH3 is 1. The standard InChI is InChI=1S/C21H25N3O4S2/c1-4-17-11-16(13-22)21(29-17)23-20(25)15-8-9-18(28-3)19(12-15)30(26,27)24-10-6-5-7-14(24)2/h8-9,11-12,14H,4-7,10H2,1-3H3,(H,23,25). The van der Waals surface area contributed by atoms with Crippen molar-refractivity contribution >= 4 is 32.3 Å². The number of carbonyl (C=O) groups is 1. The summed E-state index contributed by atoms with van der Waals surface area (Å²) in [6, 6.07) is 8.09. The van der Waals surface area contributed by atoms with E-state index in [1.165, 1.54) is 41.0 Å². The van der Waals surface area contributed by atoms with Crippen LogP contribution < -0.4 is 10.1 Å². The SMILES string of the molecule is CCc1cc(C#N)c(NC(=O)c2ccc(OC)c(S(=O)(=O)N3CCCCC3C)c2)s1. The molecule has 1 N–H and O–H groups in total. The molecule has 1 fully saturated rings. The minimum absolute atomic E-state index is 0.0210. The Morgan fingerprint density at radius 3 is 2.77 bits per heavy atom. The molecule has 1 aromatic heterocycles. The van der Waals surface area contributed by atoms with Crippen molar-refractivity contribution in [2.45, 2.75) is 50.5 Å². The molecule has 1 atom stereocenters. The Hall–Kier alpha value is -2.41. The van der Waals surface area contributed by atoms with Crippen LogP contribution in [0.2, 0.25) is 0 Å². The summed E-state index contributed by atoms with van der Waals surface area (Å²) in [5.41, 5.74) is 0.586. The lowest BCUT2D eigenvalue weighted by atomic mass is 10.1. The number of rotatable bonds is 6. The number of nitrogens with one attached hydrogen (secondary N) is 1. The van der Waals surface area contributed by atoms with Gasteiger partial charge in [-0.3, -0.25) is 4.79 Å². The van der Waals surface area contributed by atoms with Crippen molar-refractivity contribution < 1.29 is 17.9 Å². The van der Waals surface area contributed by atoms with E-state index in [0.717, 1.165) is 30.6 Å². The van der Waals surface area contributed by atoms with Crippen LogP contribution in [-0.4, -0.2) is 38.3 Å². The van der Waals surface area contributed by atoms with E-state index >= 15 is 0 Å². The van der Waals surface area contributed by atoms with E-state index in [-0.39, 0.29) is 22.3 Å². The van der Waals surface area contributed by atoms with Crippen molar-refractivity contribution in [1.82, 2.24) is 4.31 Å². The van der Waals surface area contributed by atoms with E-state index in [0.29, 0.717) is 17.1 Å². The second-order valence-corrected chi connectivity index (χ2v) is 10.2. The minimum Gasteiger partial charge on any atom is -0.495 e. The van der Waals surface area contributed by atoms with E-state index in [2.05, 4.69) is 11.4 Å². The number of nitriles is 1. The monoisotopic (exact) mass is 447 g/mol. The van der Waals surface area contributed by atoms with E-state index in [1.54, 1.807) is 6.07 Å². The van der Waals surface area contributed by atoms with Gasteiger partial charge in [0.05, 0.1) is 12.7 Å². The van der Waals surface area contributed by atoms with Gasteiger partial charge >= 0.3 is 0 Å². The molecule has 0 saturated carbocycles. The fourth-order valence-electron chi connectivity index (χ4n) is 3.54. The van der Waals surface area contributed by atoms with Crippen LogP contribution in [-0.2, 0) is 16.4 Å². The molecule has 1 aliphatic rings. The van der Waals surface area contributed by atoms with Gasteiger partial charge in [-0.25, -0.2) is 8.42 Å². The number of benzene rings is 1. The molecule has 0 aliphatic carbocycles. The molecule has 1 aliphatic heterocycles. The summed E-state index contributed by atoms with van der Waals surface area (Å²) >= 11 is 1.34. The third-order valence-electron chi connectivity index (χ3n) is 5.23. The van der Waals surface area contributed by atoms with E-state index < -0.39 is 15.9 Å². The van der Waals surface area contributed by atoms with Gasteiger partial charge in [0.25, 0.3) is 5.91 Å². The van der Waals surface area contributed by atoms with Gasteiger partial charge in [-0.05, 0) is 50.5 Å². The average Bonchev–Trinajstić information content (AvgIpc) is 3.15. The highest BCUT2D eigenvalue weighted by atomic mass is 32.2. The predicted octanol–water partition coefficient (Wildman–Crippen LogP) is 4.01. The fraction of sp³-hybridized carbons (Fsp3) is 0.429. The predicted molar refractivity (Wildman–Crippen MR) is 117 cm³/mol. The van der Waals surface area contributed by atoms with Crippen LogP contribution in [0.3, 0.4) is 0 Å². The van der Waals surface area contributed by atoms with Crippen LogP contribution in [0, 0.1) is 11.3 Å². The third kappa shape index (κ3) is 4.36. The van der Waals surface area contributed by atoms with Crippen LogP contribution in [0.25, 0.3) is 0 Å². The lowest BCUT2D eigenvalue weighted by Crippen LogP contribution is -2.42. The summed E-state index contributed by atoms with van der Waals surface area (Å²) < 4.78 is 33.4. The van der Waals surface area contributed by atoms with Gasteiger partial charge in [-0.2, -0.15) is 9.57 Å². The number of nitrogens with zero attached hydrogens (tertiary/aromatic N) is 2. The van der Waals surface area contributed by atoms with E-state index in [1.807, 2.05) is 13.8 Å². The number of carbonyl (C=O) groups excluding carboxylic acids is 1. The highest BCUT2D eigenvalue weighted by Gasteiger charge is 2.33. The Balaban J connectivity index is 1.95. The van der Waals surface area contributed by atoms with Crippen LogP contribution in [0.15, 0.2) is 29.2 Å². The van der Waals surface area contributed by atoms with Gasteiger partial charge in [0.15, 0.2) is 0 Å². The molecule has 30 heavy (non-hydrogen) atoms. The van der Waals surface area contributed by atoms with E-state index in [9.17, 15) is 18.5 Å². The Bertz CT molecular complexity index is 1090. The third-order valence-corrected chi connectivity index (χ3v) is 8.46. The van der Waals surface area contributed by atoms with Crippen LogP contribution >= 0.6 is 11.3 Å². The molecule has 7 nitrogen and oxygen atoms in total. The topological polar surface area (TPSA) is 99.5 Å². The number of anilines is 1. The van der Waals surface area contributed by atoms with Gasteiger partial charge in [-0.15, -0.1) is 11.3 Å². The number of aryl methyl sites for hydroxylation is 1. The van der Waals surface area contributed by atoms with Crippen molar-refractivity contribution in [3.8, 4) is 11.8 Å². The first-order valence-corrected chi connectivity index (χ1v) is 12.1. The van der Waals surface area contributed by atoms with Crippen molar-refractivity contribution in [2.75, 3.05) is 19.0 Å². The molecule has 1 aromatic carbocycles. The smallest absolute Gasteiger partial charge is 0.256 e. The van der Waals surface area contributed by atoms with Gasteiger partial charge in [0, 0.05) is 23.0 Å². The zero-order chi connectivity index (χ0) is 21.9. The Labute approximate surface area is 181 Å². The molecule has 3 rings (SSSR count). The molecule has 1 unspecified atom stereocenters. The molecule has 1 saturated heterocycles. The molecule has 1 amide bonds. The van der Waals surface area contributed by atoms with Crippen LogP contribution in [0.1, 0.15) is 53.9 Å². The Morgan fingerprint density at radius 2 is 2.13 bits per heavy atom. The summed E-state index contributed by atoms with van der Waals surface area (Å²) in [6.45, 7) is 4.32. The number of hydrogen-bond donors (Lipinski definition) is 1. The summed E-state index contributed by atoms with van der Waals surface area (Å²) in [4.78, 5) is 13.8. The number of piperidine rings is 1. The summed E-state index contributed by atoms with van der Waals surface area (Å²) in [5.74, 6) is -0.270. The zero-order valence-electron chi connectivity index (χ0n) is 17.3. The maximum atomic E-state index is 13.3. The number of thiophene rings is 1. The molecule has 2 aromatic rings. The normalized spacial score (nSPS) is 17.3. The number of sulfonamides is 1. The lowest BCUT2D eigenvalue weighted by Gasteiger charge is -2.32. The summed E-state index contributed by atoms with van der Waals surface area (Å²) in [5, 5.41) is 12.5. The van der Waals surface area contributed by atoms with Crippen molar-refractivity contribution in [1.29, 1.82) is 5.26 Å². The van der Waals surface area contributed by atoms with Gasteiger partial charge in [-0.1, -0.05) is 13.3 Å². The molecular weight excluding hydrogens is 422 g/mol. The number of ether oxygens (including phenoxy) is 1. The first-order chi connectivity index (χ1) is 14.3. The number of hydrogen-bond acceptors (Lipinski definition) is 6. The molecule has 0 radical (unpaired) electrons. The van der Waals surface area contributed by atoms with Crippen LogP contribution in [0.4, 0.5) is 5.00 Å². The maximum Gasteiger partial charge on any atom is 0.256 e. The zero-order valence-corrected chi connectivity index (χ0v) is 18.9. The van der Waals surface area contributed by atoms with E-state index in [4.69, 9.17) is 4.74 Å². The highest BCUT2D eigenvalue weighted by molar-refractivity contribution is 7.89. The Morgan fingerprint density at radius 1 is 1.37 bits per heavy atom. The summed E-state index contributed by atoms with van der Waals surface area (Å²) in [6.07, 6.45) is 3.36. The van der Waals surface area contributed by atoms with Crippen molar-refractivity contribution in [3.05, 3.63) is 40.3 Å². The molecule has 2 heterocycles. The molecule has 0 bridgehead atoms. The molecule has 0 spiro atoms. The van der Waals surface area contributed by atoms with Crippen LogP contribution in [0.5, 0.6) is 5.75 Å². The fourth-order valence-corrected chi connectivity index (χ4v) is 6.37. The quantitative estimate of drug-likeness (QED) is 0.721. The first kappa shape index (κ1) is 22.3. The molecule has 9 heteroatoms. The molecular formula is C21H25N3O4S2. The second-order valence-electron chi connectivity index (χ2n) is 7.20. The Kier molecular flexibility index (Phi) is 6.81. The van der Waals surface area contributed by atoms with Gasteiger partial charge < -0.3 is 10.1 Å². The maximum absolute atomic E-state index is 13.3. The first-order valence-electron chi connectivity index (χ1n) is 9.85. The lowest BCUT2D eigenvalue weighted by molar-refractivity contribution is 0.102. The minimum atomic E-state index is -3.82. The second kappa shape index (κ2) is 9.16. The highest BCUT2D eigenvalue weighted by Crippen LogP contribution is 2.33. The largest absolute Gasteiger partial charge is 0.495 e. The van der Waals surface area contributed by atoms with Crippen molar-refractivity contribution in [2.24, 2.45) is 0 Å². The van der Waals surface area contributed by atoms with Gasteiger partial charge in [0.2, 0.25) is 10.0 Å². The summed E-state index contributed by atoms with van der Waals surface area (Å²) in [7, 11) is -2.41.